The minimum atomic E-state index is -0.538. The van der Waals surface area contributed by atoms with Crippen molar-refractivity contribution in [2.75, 3.05) is 6.61 Å². The van der Waals surface area contributed by atoms with E-state index in [4.69, 9.17) is 5.73 Å². The van der Waals surface area contributed by atoms with E-state index in [0.29, 0.717) is 5.92 Å². The lowest BCUT2D eigenvalue weighted by atomic mass is 9.87. The highest BCUT2D eigenvalue weighted by molar-refractivity contribution is 9.10. The van der Waals surface area contributed by atoms with Crippen molar-refractivity contribution in [3.05, 3.63) is 34.3 Å². The summed E-state index contributed by atoms with van der Waals surface area (Å²) < 4.78 is 1.01. The SMILES string of the molecule is NC(CO)(c1cccc(Br)c1)C1CC1. The first-order valence-corrected chi connectivity index (χ1v) is 5.62. The number of benzene rings is 1. The van der Waals surface area contributed by atoms with Gasteiger partial charge in [0, 0.05) is 4.47 Å². The molecule has 3 N–H and O–H groups in total. The van der Waals surface area contributed by atoms with Crippen LogP contribution in [0.2, 0.25) is 0 Å². The first kappa shape index (κ1) is 10.1. The summed E-state index contributed by atoms with van der Waals surface area (Å²) >= 11 is 3.42. The minimum absolute atomic E-state index is 0.0219. The van der Waals surface area contributed by atoms with E-state index in [2.05, 4.69) is 15.9 Å². The molecule has 0 bridgehead atoms. The molecular formula is C11H14BrNO. The number of rotatable bonds is 3. The summed E-state index contributed by atoms with van der Waals surface area (Å²) in [4.78, 5) is 0. The van der Waals surface area contributed by atoms with Crippen molar-refractivity contribution < 1.29 is 5.11 Å². The van der Waals surface area contributed by atoms with Gasteiger partial charge in [0.05, 0.1) is 12.1 Å². The standard InChI is InChI=1S/C11H14BrNO/c12-10-3-1-2-9(6-10)11(13,7-14)8-4-5-8/h1-3,6,8,14H,4-5,7,13H2. The number of nitrogens with two attached hydrogens (primary N) is 1. The van der Waals surface area contributed by atoms with Gasteiger partial charge in [0.15, 0.2) is 0 Å². The second kappa shape index (κ2) is 3.65. The summed E-state index contributed by atoms with van der Waals surface area (Å²) in [6.45, 7) is 0.0219. The number of hydrogen-bond donors (Lipinski definition) is 2. The predicted molar refractivity (Wildman–Crippen MR) is 59.8 cm³/mol. The molecule has 0 saturated heterocycles. The maximum Gasteiger partial charge on any atom is 0.0673 e. The molecule has 0 aliphatic heterocycles. The lowest BCUT2D eigenvalue weighted by Crippen LogP contribution is -2.42. The highest BCUT2D eigenvalue weighted by atomic mass is 79.9. The summed E-state index contributed by atoms with van der Waals surface area (Å²) in [6, 6.07) is 7.90. The van der Waals surface area contributed by atoms with Gasteiger partial charge < -0.3 is 10.8 Å². The van der Waals surface area contributed by atoms with Crippen LogP contribution in [-0.2, 0) is 5.54 Å². The van der Waals surface area contributed by atoms with Crippen molar-refractivity contribution >= 4 is 15.9 Å². The minimum Gasteiger partial charge on any atom is -0.394 e. The van der Waals surface area contributed by atoms with Gasteiger partial charge in [-0.1, -0.05) is 28.1 Å². The molecule has 1 unspecified atom stereocenters. The van der Waals surface area contributed by atoms with Gasteiger partial charge in [-0.15, -0.1) is 0 Å². The van der Waals surface area contributed by atoms with E-state index < -0.39 is 5.54 Å². The van der Waals surface area contributed by atoms with Gasteiger partial charge >= 0.3 is 0 Å². The average Bonchev–Trinajstić information content (AvgIpc) is 3.00. The number of aliphatic hydroxyl groups is 1. The molecule has 1 aromatic rings. The van der Waals surface area contributed by atoms with E-state index >= 15 is 0 Å². The van der Waals surface area contributed by atoms with Crippen molar-refractivity contribution in [3.8, 4) is 0 Å². The van der Waals surface area contributed by atoms with E-state index in [1.807, 2.05) is 24.3 Å². The van der Waals surface area contributed by atoms with Gasteiger partial charge in [0.2, 0.25) is 0 Å². The average molecular weight is 256 g/mol. The summed E-state index contributed by atoms with van der Waals surface area (Å²) in [7, 11) is 0. The van der Waals surface area contributed by atoms with Crippen LogP contribution in [0.1, 0.15) is 18.4 Å². The summed E-state index contributed by atoms with van der Waals surface area (Å²) in [5, 5.41) is 9.40. The molecule has 2 rings (SSSR count). The van der Waals surface area contributed by atoms with Crippen molar-refractivity contribution in [3.63, 3.8) is 0 Å². The van der Waals surface area contributed by atoms with Crippen LogP contribution in [0, 0.1) is 5.92 Å². The van der Waals surface area contributed by atoms with Crippen molar-refractivity contribution in [1.29, 1.82) is 0 Å². The first-order chi connectivity index (χ1) is 6.66. The Hall–Kier alpha value is -0.380. The van der Waals surface area contributed by atoms with Crippen molar-refractivity contribution in [2.24, 2.45) is 11.7 Å². The third-order valence-electron chi connectivity index (χ3n) is 2.93. The molecule has 1 aliphatic rings. The van der Waals surface area contributed by atoms with Crippen LogP contribution in [0.25, 0.3) is 0 Å². The molecule has 0 radical (unpaired) electrons. The molecule has 14 heavy (non-hydrogen) atoms. The second-order valence-electron chi connectivity index (χ2n) is 3.98. The van der Waals surface area contributed by atoms with Crippen molar-refractivity contribution in [1.82, 2.24) is 0 Å². The number of hydrogen-bond acceptors (Lipinski definition) is 2. The Morgan fingerprint density at radius 1 is 1.50 bits per heavy atom. The fraction of sp³-hybridized carbons (Fsp3) is 0.455. The van der Waals surface area contributed by atoms with Gasteiger partial charge in [0.1, 0.15) is 0 Å². The molecule has 1 saturated carbocycles. The third kappa shape index (κ3) is 1.72. The Morgan fingerprint density at radius 2 is 2.21 bits per heavy atom. The monoisotopic (exact) mass is 255 g/mol. The van der Waals surface area contributed by atoms with E-state index in [-0.39, 0.29) is 6.61 Å². The topological polar surface area (TPSA) is 46.2 Å². The van der Waals surface area contributed by atoms with Gasteiger partial charge in [-0.2, -0.15) is 0 Å². The fourth-order valence-electron chi connectivity index (χ4n) is 1.83. The van der Waals surface area contributed by atoms with Crippen LogP contribution < -0.4 is 5.73 Å². The molecule has 0 spiro atoms. The Morgan fingerprint density at radius 3 is 2.71 bits per heavy atom. The van der Waals surface area contributed by atoms with Crippen LogP contribution >= 0.6 is 15.9 Å². The smallest absolute Gasteiger partial charge is 0.0673 e. The van der Waals surface area contributed by atoms with Crippen LogP contribution in [0.4, 0.5) is 0 Å². The molecule has 1 aliphatic carbocycles. The number of aliphatic hydroxyl groups excluding tert-OH is 1. The molecule has 3 heteroatoms. The van der Waals surface area contributed by atoms with Crippen LogP contribution in [0.3, 0.4) is 0 Å². The summed E-state index contributed by atoms with van der Waals surface area (Å²) in [6.07, 6.45) is 2.26. The molecule has 0 aromatic heterocycles. The van der Waals surface area contributed by atoms with Gasteiger partial charge in [-0.05, 0) is 36.5 Å². The molecular weight excluding hydrogens is 242 g/mol. The molecule has 1 aromatic carbocycles. The van der Waals surface area contributed by atoms with E-state index in [1.54, 1.807) is 0 Å². The lowest BCUT2D eigenvalue weighted by Gasteiger charge is -2.27. The Bertz CT molecular complexity index is 338. The Balaban J connectivity index is 2.35. The number of halogens is 1. The van der Waals surface area contributed by atoms with Crippen LogP contribution in [0.5, 0.6) is 0 Å². The molecule has 76 valence electrons. The molecule has 0 heterocycles. The van der Waals surface area contributed by atoms with Gasteiger partial charge in [-0.3, -0.25) is 0 Å². The molecule has 1 fully saturated rings. The van der Waals surface area contributed by atoms with E-state index in [1.165, 1.54) is 0 Å². The van der Waals surface area contributed by atoms with Crippen molar-refractivity contribution in [2.45, 2.75) is 18.4 Å². The van der Waals surface area contributed by atoms with Gasteiger partial charge in [-0.25, -0.2) is 0 Å². The molecule has 2 nitrogen and oxygen atoms in total. The van der Waals surface area contributed by atoms with E-state index in [0.717, 1.165) is 22.9 Å². The predicted octanol–water partition coefficient (Wildman–Crippen LogP) is 2.01. The zero-order chi connectivity index (χ0) is 10.2. The Labute approximate surface area is 92.3 Å². The first-order valence-electron chi connectivity index (χ1n) is 4.82. The summed E-state index contributed by atoms with van der Waals surface area (Å²) in [5.41, 5.74) is 6.71. The summed E-state index contributed by atoms with van der Waals surface area (Å²) in [5.74, 6) is 0.446. The quantitative estimate of drug-likeness (QED) is 0.868. The normalized spacial score (nSPS) is 20.5. The third-order valence-corrected chi connectivity index (χ3v) is 3.42. The molecule has 1 atom stereocenters. The largest absolute Gasteiger partial charge is 0.394 e. The zero-order valence-corrected chi connectivity index (χ0v) is 9.50. The maximum absolute atomic E-state index is 9.40. The fourth-order valence-corrected chi connectivity index (χ4v) is 2.23. The Kier molecular flexibility index (Phi) is 2.64. The molecule has 0 amide bonds. The highest BCUT2D eigenvalue weighted by Gasteiger charge is 2.43. The lowest BCUT2D eigenvalue weighted by molar-refractivity contribution is 0.177. The van der Waals surface area contributed by atoms with Gasteiger partial charge in [0.25, 0.3) is 0 Å². The zero-order valence-electron chi connectivity index (χ0n) is 7.91. The highest BCUT2D eigenvalue weighted by Crippen LogP contribution is 2.44. The maximum atomic E-state index is 9.40. The second-order valence-corrected chi connectivity index (χ2v) is 4.90. The van der Waals surface area contributed by atoms with Crippen LogP contribution in [0.15, 0.2) is 28.7 Å². The van der Waals surface area contributed by atoms with E-state index in [9.17, 15) is 5.11 Å². The van der Waals surface area contributed by atoms with Crippen LogP contribution in [-0.4, -0.2) is 11.7 Å².